The molecule has 1 unspecified atom stereocenters. The number of nitrogens with one attached hydrogen (secondary N) is 1. The quantitative estimate of drug-likeness (QED) is 0.594. The predicted octanol–water partition coefficient (Wildman–Crippen LogP) is 3.05. The lowest BCUT2D eigenvalue weighted by Crippen LogP contribution is -2.36. The van der Waals surface area contributed by atoms with Gasteiger partial charge in [-0.05, 0) is 12.8 Å². The smallest absolute Gasteiger partial charge is 0.306 e. The van der Waals surface area contributed by atoms with Gasteiger partial charge in [0.05, 0.1) is 6.04 Å². The predicted molar refractivity (Wildman–Crippen MR) is 82.1 cm³/mol. The first-order valence-corrected chi connectivity index (χ1v) is 7.41. The van der Waals surface area contributed by atoms with Gasteiger partial charge in [0, 0.05) is 12.8 Å². The fourth-order valence-corrected chi connectivity index (χ4v) is 1.75. The SMILES string of the molecule is C#C.CCC.CCC.O=C1CCC([C@@H]2CCC(=O)O2)N1. The van der Waals surface area contributed by atoms with E-state index in [4.69, 9.17) is 4.74 Å². The average molecular weight is 283 g/mol. The fraction of sp³-hybridized carbons (Fsp3) is 0.750. The third kappa shape index (κ3) is 9.43. The van der Waals surface area contributed by atoms with Crippen LogP contribution in [0.25, 0.3) is 0 Å². The van der Waals surface area contributed by atoms with E-state index in [0.29, 0.717) is 12.8 Å². The Balaban J connectivity index is 0. The molecule has 0 aromatic rings. The van der Waals surface area contributed by atoms with Gasteiger partial charge in [-0.25, -0.2) is 0 Å². The van der Waals surface area contributed by atoms with Gasteiger partial charge in [-0.2, -0.15) is 0 Å². The van der Waals surface area contributed by atoms with Gasteiger partial charge < -0.3 is 10.1 Å². The van der Waals surface area contributed by atoms with E-state index < -0.39 is 0 Å². The molecular weight excluding hydrogens is 254 g/mol. The monoisotopic (exact) mass is 283 g/mol. The summed E-state index contributed by atoms with van der Waals surface area (Å²) in [6, 6.07) is 0.0731. The summed E-state index contributed by atoms with van der Waals surface area (Å²) in [6.07, 6.45) is 13.1. The van der Waals surface area contributed by atoms with Crippen LogP contribution in [0.1, 0.15) is 66.2 Å². The molecule has 2 aliphatic rings. The molecule has 1 amide bonds. The highest BCUT2D eigenvalue weighted by molar-refractivity contribution is 5.79. The molecule has 0 aliphatic carbocycles. The minimum absolute atomic E-state index is 0.0658. The molecule has 0 radical (unpaired) electrons. The number of cyclic esters (lactones) is 1. The lowest BCUT2D eigenvalue weighted by atomic mass is 10.1. The van der Waals surface area contributed by atoms with E-state index in [9.17, 15) is 9.59 Å². The molecule has 1 N–H and O–H groups in total. The number of ether oxygens (including phenoxy) is 1. The van der Waals surface area contributed by atoms with Crippen LogP contribution in [0.5, 0.6) is 0 Å². The highest BCUT2D eigenvalue weighted by atomic mass is 16.5. The molecular formula is C16H29NO3. The van der Waals surface area contributed by atoms with E-state index in [1.807, 2.05) is 0 Å². The van der Waals surface area contributed by atoms with Crippen LogP contribution in [0.4, 0.5) is 0 Å². The normalized spacial score (nSPS) is 22.9. The fourth-order valence-electron chi connectivity index (χ4n) is 1.75. The standard InChI is InChI=1S/C8H11NO3.2C3H8.C2H2/c10-7-3-1-5(9-7)6-2-4-8(11)12-6;2*1-3-2;1-2/h5-6H,1-4H2,(H,9,10);2*3H2,1-2H3;1-2H/t5?,6-;;;/m0.../s1. The highest BCUT2D eigenvalue weighted by Gasteiger charge is 2.35. The minimum atomic E-state index is -0.138. The minimum Gasteiger partial charge on any atom is -0.460 e. The molecule has 4 nitrogen and oxygen atoms in total. The zero-order chi connectivity index (χ0) is 16.0. The van der Waals surface area contributed by atoms with E-state index in [2.05, 4.69) is 45.9 Å². The average Bonchev–Trinajstić information content (AvgIpc) is 3.02. The molecule has 0 aromatic heterocycles. The van der Waals surface area contributed by atoms with E-state index in [1.165, 1.54) is 12.8 Å². The maximum atomic E-state index is 10.8. The number of terminal acetylenes is 1. The van der Waals surface area contributed by atoms with Crippen molar-refractivity contribution in [3.8, 4) is 12.8 Å². The molecule has 2 fully saturated rings. The Morgan fingerprint density at radius 2 is 1.55 bits per heavy atom. The van der Waals surface area contributed by atoms with Crippen molar-refractivity contribution in [1.29, 1.82) is 0 Å². The van der Waals surface area contributed by atoms with E-state index >= 15 is 0 Å². The maximum Gasteiger partial charge on any atom is 0.306 e. The lowest BCUT2D eigenvalue weighted by Gasteiger charge is -2.16. The summed E-state index contributed by atoms with van der Waals surface area (Å²) in [5.74, 6) is -0.0657. The molecule has 4 heteroatoms. The van der Waals surface area contributed by atoms with Crippen LogP contribution in [0, 0.1) is 12.8 Å². The van der Waals surface area contributed by atoms with Gasteiger partial charge in [0.1, 0.15) is 6.10 Å². The van der Waals surface area contributed by atoms with Gasteiger partial charge in [0.25, 0.3) is 0 Å². The number of rotatable bonds is 1. The number of hydrogen-bond donors (Lipinski definition) is 1. The summed E-state index contributed by atoms with van der Waals surface area (Å²) in [5.41, 5.74) is 0. The molecule has 20 heavy (non-hydrogen) atoms. The number of carbonyl (C=O) groups excluding carboxylic acids is 2. The van der Waals surface area contributed by atoms with E-state index in [-0.39, 0.29) is 24.0 Å². The third-order valence-electron chi connectivity index (χ3n) is 2.39. The van der Waals surface area contributed by atoms with Crippen molar-refractivity contribution in [1.82, 2.24) is 5.32 Å². The summed E-state index contributed by atoms with van der Waals surface area (Å²) in [6.45, 7) is 8.50. The Labute approximate surface area is 123 Å². The van der Waals surface area contributed by atoms with Crippen molar-refractivity contribution in [2.45, 2.75) is 78.4 Å². The molecule has 2 rings (SSSR count). The van der Waals surface area contributed by atoms with Gasteiger partial charge in [0.2, 0.25) is 5.91 Å². The second-order valence-corrected chi connectivity index (χ2v) is 4.69. The Morgan fingerprint density at radius 1 is 1.05 bits per heavy atom. The molecule has 2 heterocycles. The van der Waals surface area contributed by atoms with Gasteiger partial charge >= 0.3 is 5.97 Å². The molecule has 0 spiro atoms. The molecule has 0 bridgehead atoms. The van der Waals surface area contributed by atoms with Crippen molar-refractivity contribution in [2.75, 3.05) is 0 Å². The van der Waals surface area contributed by atoms with Gasteiger partial charge in [-0.1, -0.05) is 40.5 Å². The Bertz CT molecular complexity index is 261. The first kappa shape index (κ1) is 20.8. The van der Waals surface area contributed by atoms with Gasteiger partial charge in [0.15, 0.2) is 0 Å². The summed E-state index contributed by atoms with van der Waals surface area (Å²) in [4.78, 5) is 21.6. The van der Waals surface area contributed by atoms with Crippen LogP contribution in [0.2, 0.25) is 0 Å². The molecule has 2 saturated heterocycles. The van der Waals surface area contributed by atoms with Gasteiger partial charge in [-0.3, -0.25) is 9.59 Å². The van der Waals surface area contributed by atoms with Crippen LogP contribution in [-0.2, 0) is 14.3 Å². The molecule has 2 aliphatic heterocycles. The van der Waals surface area contributed by atoms with Crippen molar-refractivity contribution < 1.29 is 14.3 Å². The number of hydrogen-bond acceptors (Lipinski definition) is 3. The van der Waals surface area contributed by atoms with Crippen LogP contribution in [0.3, 0.4) is 0 Å². The summed E-state index contributed by atoms with van der Waals surface area (Å²) >= 11 is 0. The zero-order valence-electron chi connectivity index (χ0n) is 13.3. The third-order valence-corrected chi connectivity index (χ3v) is 2.39. The van der Waals surface area contributed by atoms with Crippen molar-refractivity contribution in [3.05, 3.63) is 0 Å². The zero-order valence-corrected chi connectivity index (χ0v) is 13.3. The van der Waals surface area contributed by atoms with Crippen molar-refractivity contribution >= 4 is 11.9 Å². The number of esters is 1. The highest BCUT2D eigenvalue weighted by Crippen LogP contribution is 2.22. The van der Waals surface area contributed by atoms with Gasteiger partial charge in [-0.15, -0.1) is 12.8 Å². The lowest BCUT2D eigenvalue weighted by molar-refractivity contribution is -0.142. The molecule has 0 aromatic carbocycles. The topological polar surface area (TPSA) is 55.4 Å². The van der Waals surface area contributed by atoms with Crippen molar-refractivity contribution in [2.24, 2.45) is 0 Å². The first-order chi connectivity index (χ1) is 9.58. The number of amides is 1. The second-order valence-electron chi connectivity index (χ2n) is 4.69. The Hall–Kier alpha value is -1.50. The van der Waals surface area contributed by atoms with Crippen LogP contribution >= 0.6 is 0 Å². The largest absolute Gasteiger partial charge is 0.460 e. The Kier molecular flexibility index (Phi) is 14.5. The summed E-state index contributed by atoms with van der Waals surface area (Å²) in [7, 11) is 0. The first-order valence-electron chi connectivity index (χ1n) is 7.41. The maximum absolute atomic E-state index is 10.8. The van der Waals surface area contributed by atoms with Crippen LogP contribution < -0.4 is 5.32 Å². The van der Waals surface area contributed by atoms with Crippen LogP contribution in [-0.4, -0.2) is 24.0 Å². The van der Waals surface area contributed by atoms with E-state index in [0.717, 1.165) is 12.8 Å². The molecule has 2 atom stereocenters. The molecule has 0 saturated carbocycles. The van der Waals surface area contributed by atoms with Crippen molar-refractivity contribution in [3.63, 3.8) is 0 Å². The number of carbonyl (C=O) groups is 2. The summed E-state index contributed by atoms with van der Waals surface area (Å²) in [5, 5.41) is 2.80. The molecule has 116 valence electrons. The Morgan fingerprint density at radius 3 is 1.85 bits per heavy atom. The second kappa shape index (κ2) is 13.9. The van der Waals surface area contributed by atoms with Crippen LogP contribution in [0.15, 0.2) is 0 Å². The van der Waals surface area contributed by atoms with E-state index in [1.54, 1.807) is 0 Å². The summed E-state index contributed by atoms with van der Waals surface area (Å²) < 4.78 is 5.04.